The summed E-state index contributed by atoms with van der Waals surface area (Å²) in [5, 5.41) is 17.9. The minimum absolute atomic E-state index is 0.156. The first-order chi connectivity index (χ1) is 21.4. The van der Waals surface area contributed by atoms with Gasteiger partial charge in [0.05, 0.1) is 18.9 Å². The largest absolute Gasteiger partial charge is 0.444 e. The van der Waals surface area contributed by atoms with Crippen LogP contribution in [-0.2, 0) is 33.6 Å². The summed E-state index contributed by atoms with van der Waals surface area (Å²) < 4.78 is 5.32. The van der Waals surface area contributed by atoms with Gasteiger partial charge in [0.15, 0.2) is 0 Å². The summed E-state index contributed by atoms with van der Waals surface area (Å²) in [5.41, 5.74) is 14.7. The molecule has 0 fully saturated rings. The molecule has 0 bridgehead atoms. The molecule has 0 aliphatic rings. The average Bonchev–Trinajstić information content (AvgIpc) is 3.40. The highest BCUT2D eigenvalue weighted by atomic mass is 32.1. The fraction of sp³-hybridized carbons (Fsp3) is 0.364. The lowest BCUT2D eigenvalue weighted by Crippen LogP contribution is -2.34. The Bertz CT molecular complexity index is 1500. The highest BCUT2D eigenvalue weighted by molar-refractivity contribution is 7.15. The molecular weight excluding hydrogens is 590 g/mol. The van der Waals surface area contributed by atoms with E-state index >= 15 is 0 Å². The first-order valence-electron chi connectivity index (χ1n) is 14.8. The van der Waals surface area contributed by atoms with Gasteiger partial charge in [0, 0.05) is 12.1 Å². The summed E-state index contributed by atoms with van der Waals surface area (Å²) in [5.74, 6) is -0.160. The van der Waals surface area contributed by atoms with E-state index in [1.807, 2.05) is 82.3 Å². The summed E-state index contributed by atoms with van der Waals surface area (Å²) in [6.45, 7) is 7.29. The number of nitrogens with zero attached hydrogens (tertiary/aromatic N) is 2. The molecule has 12 heteroatoms. The zero-order valence-electron chi connectivity index (χ0n) is 26.3. The third kappa shape index (κ3) is 13.6. The summed E-state index contributed by atoms with van der Waals surface area (Å²) in [6, 6.07) is 16.6. The average molecular weight is 634 g/mol. The number of benzene rings is 2. The highest BCUT2D eigenvalue weighted by Crippen LogP contribution is 2.20. The maximum Gasteiger partial charge on any atom is 0.408 e. The van der Waals surface area contributed by atoms with Crippen LogP contribution in [0.2, 0.25) is 0 Å². The number of aryl methyl sites for hydroxylation is 1. The molecule has 240 valence electrons. The summed E-state index contributed by atoms with van der Waals surface area (Å²) in [6.07, 6.45) is 6.24. The Morgan fingerprint density at radius 2 is 1.64 bits per heavy atom. The number of carbonyl (C=O) groups excluding carboxylic acids is 3. The molecule has 0 aliphatic heterocycles. The molecular formula is C33H43N7O4S. The van der Waals surface area contributed by atoms with Crippen molar-refractivity contribution in [2.24, 2.45) is 11.5 Å². The second-order valence-corrected chi connectivity index (χ2v) is 12.7. The first-order valence-corrected chi connectivity index (χ1v) is 15.6. The van der Waals surface area contributed by atoms with Crippen LogP contribution in [0.25, 0.3) is 0 Å². The van der Waals surface area contributed by atoms with Gasteiger partial charge >= 0.3 is 6.09 Å². The zero-order valence-corrected chi connectivity index (χ0v) is 27.1. The van der Waals surface area contributed by atoms with Crippen LogP contribution in [0.1, 0.15) is 74.7 Å². The number of allylic oxidation sites excluding steroid dienone is 3. The van der Waals surface area contributed by atoms with Crippen LogP contribution in [0, 0.1) is 0 Å². The number of aromatic nitrogens is 2. The summed E-state index contributed by atoms with van der Waals surface area (Å²) in [7, 11) is 0. The molecule has 0 saturated heterocycles. The van der Waals surface area contributed by atoms with E-state index < -0.39 is 11.7 Å². The first kappa shape index (κ1) is 34.8. The maximum absolute atomic E-state index is 12.7. The molecule has 3 rings (SSSR count). The number of anilines is 1. The summed E-state index contributed by atoms with van der Waals surface area (Å²) >= 11 is 1.34. The van der Waals surface area contributed by atoms with E-state index in [9.17, 15) is 14.4 Å². The van der Waals surface area contributed by atoms with Gasteiger partial charge in [-0.1, -0.05) is 65.9 Å². The van der Waals surface area contributed by atoms with Crippen molar-refractivity contribution < 1.29 is 19.1 Å². The van der Waals surface area contributed by atoms with Crippen molar-refractivity contribution in [3.05, 3.63) is 100.0 Å². The van der Waals surface area contributed by atoms with Crippen molar-refractivity contribution in [2.75, 3.05) is 5.32 Å². The van der Waals surface area contributed by atoms with Crippen LogP contribution in [0.15, 0.2) is 78.3 Å². The van der Waals surface area contributed by atoms with E-state index in [2.05, 4.69) is 26.1 Å². The number of rotatable bonds is 14. The molecule has 1 unspecified atom stereocenters. The Kier molecular flexibility index (Phi) is 13.1. The lowest BCUT2D eigenvalue weighted by atomic mass is 10.0. The number of alkyl carbamates (subject to hydrolysis) is 1. The molecule has 0 spiro atoms. The molecule has 3 amide bonds. The van der Waals surface area contributed by atoms with Crippen LogP contribution in [0.5, 0.6) is 0 Å². The van der Waals surface area contributed by atoms with Gasteiger partial charge in [-0.15, -0.1) is 10.2 Å². The number of unbranched alkanes of at least 4 members (excludes halogenated alkanes) is 1. The van der Waals surface area contributed by atoms with E-state index in [1.165, 1.54) is 11.3 Å². The number of ether oxygens (including phenoxy) is 1. The van der Waals surface area contributed by atoms with Crippen molar-refractivity contribution in [3.8, 4) is 0 Å². The van der Waals surface area contributed by atoms with Crippen molar-refractivity contribution in [1.82, 2.24) is 20.8 Å². The second kappa shape index (κ2) is 17.0. The Morgan fingerprint density at radius 1 is 0.933 bits per heavy atom. The molecule has 2 aromatic carbocycles. The smallest absolute Gasteiger partial charge is 0.408 e. The van der Waals surface area contributed by atoms with Gasteiger partial charge in [-0.2, -0.15) is 0 Å². The third-order valence-corrected chi connectivity index (χ3v) is 7.23. The normalized spacial score (nSPS) is 12.7. The van der Waals surface area contributed by atoms with E-state index in [-0.39, 0.29) is 36.5 Å². The molecule has 0 radical (unpaired) electrons. The van der Waals surface area contributed by atoms with E-state index in [4.69, 9.17) is 16.2 Å². The van der Waals surface area contributed by atoms with Crippen molar-refractivity contribution in [3.63, 3.8) is 0 Å². The van der Waals surface area contributed by atoms with Gasteiger partial charge in [-0.25, -0.2) is 4.79 Å². The van der Waals surface area contributed by atoms with E-state index in [0.717, 1.165) is 34.5 Å². The Morgan fingerprint density at radius 3 is 2.38 bits per heavy atom. The molecule has 0 aliphatic carbocycles. The van der Waals surface area contributed by atoms with Crippen molar-refractivity contribution >= 4 is 34.4 Å². The van der Waals surface area contributed by atoms with E-state index in [1.54, 1.807) is 12.2 Å². The van der Waals surface area contributed by atoms with Crippen LogP contribution < -0.4 is 27.4 Å². The lowest BCUT2D eigenvalue weighted by molar-refractivity contribution is -0.119. The highest BCUT2D eigenvalue weighted by Gasteiger charge is 2.19. The van der Waals surface area contributed by atoms with E-state index in [0.29, 0.717) is 23.7 Å². The molecule has 7 N–H and O–H groups in total. The zero-order chi connectivity index (χ0) is 32.8. The lowest BCUT2D eigenvalue weighted by Gasteiger charge is -2.22. The van der Waals surface area contributed by atoms with Crippen molar-refractivity contribution in [2.45, 2.75) is 77.9 Å². The SMILES string of the molecule is CC(NC(=O)OC(C)(C)C)c1cccc(CC(=O)Nc2nnc(CCCC/C(N)=C/C=C(\N)NC(=O)Cc3ccccc3)s2)c1. The predicted octanol–water partition coefficient (Wildman–Crippen LogP) is 5.02. The minimum atomic E-state index is -0.585. The monoisotopic (exact) mass is 633 g/mol. The second-order valence-electron chi connectivity index (χ2n) is 11.6. The molecule has 1 atom stereocenters. The molecule has 1 heterocycles. The number of amides is 3. The van der Waals surface area contributed by atoms with Crippen LogP contribution in [-0.4, -0.2) is 33.7 Å². The topological polar surface area (TPSA) is 174 Å². The van der Waals surface area contributed by atoms with Gasteiger partial charge in [0.1, 0.15) is 16.4 Å². The van der Waals surface area contributed by atoms with Gasteiger partial charge in [0.25, 0.3) is 0 Å². The number of hydrogen-bond acceptors (Lipinski definition) is 9. The van der Waals surface area contributed by atoms with Crippen LogP contribution in [0.4, 0.5) is 9.93 Å². The number of hydrogen-bond donors (Lipinski definition) is 5. The van der Waals surface area contributed by atoms with Crippen LogP contribution >= 0.6 is 11.3 Å². The van der Waals surface area contributed by atoms with Crippen LogP contribution in [0.3, 0.4) is 0 Å². The quantitative estimate of drug-likeness (QED) is 0.122. The third-order valence-electron chi connectivity index (χ3n) is 6.34. The molecule has 3 aromatic rings. The van der Waals surface area contributed by atoms with Gasteiger partial charge in [0.2, 0.25) is 16.9 Å². The molecule has 45 heavy (non-hydrogen) atoms. The predicted molar refractivity (Wildman–Crippen MR) is 177 cm³/mol. The van der Waals surface area contributed by atoms with Gasteiger partial charge in [-0.3, -0.25) is 9.59 Å². The number of nitrogens with two attached hydrogens (primary N) is 2. The van der Waals surface area contributed by atoms with Gasteiger partial charge < -0.3 is 32.2 Å². The standard InChI is InChI=1S/C33H43N7O4S/c1-22(36-32(43)44-33(2,3)4)25-14-10-13-24(19-25)21-29(42)38-31-40-39-30(45-31)16-9-8-15-26(34)17-18-27(35)37-28(41)20-23-11-6-5-7-12-23/h5-7,10-14,17-19,22H,8-9,15-16,20-21,34-35H2,1-4H3,(H,36,43)(H,37,41)(H,38,40,42)/b26-17-,27-18+. The fourth-order valence-electron chi connectivity index (χ4n) is 4.21. The molecule has 11 nitrogen and oxygen atoms in total. The van der Waals surface area contributed by atoms with Crippen molar-refractivity contribution in [1.29, 1.82) is 0 Å². The minimum Gasteiger partial charge on any atom is -0.444 e. The maximum atomic E-state index is 12.7. The number of carbonyl (C=O) groups is 3. The summed E-state index contributed by atoms with van der Waals surface area (Å²) in [4.78, 5) is 36.9. The molecule has 0 saturated carbocycles. The number of nitrogens with one attached hydrogen (secondary N) is 3. The Hall–Kier alpha value is -4.71. The Labute approximate surface area is 268 Å². The fourth-order valence-corrected chi connectivity index (χ4v) is 5.01. The Balaban J connectivity index is 1.37. The van der Waals surface area contributed by atoms with Gasteiger partial charge in [-0.05, 0) is 75.8 Å². The molecule has 1 aromatic heterocycles.